The van der Waals surface area contributed by atoms with Crippen LogP contribution < -0.4 is 15.4 Å². The van der Waals surface area contributed by atoms with Crippen molar-refractivity contribution < 1.29 is 4.74 Å². The maximum atomic E-state index is 5.81. The second-order valence-corrected chi connectivity index (χ2v) is 6.94. The summed E-state index contributed by atoms with van der Waals surface area (Å²) in [6, 6.07) is 12.0. The highest BCUT2D eigenvalue weighted by molar-refractivity contribution is 14.0. The van der Waals surface area contributed by atoms with Crippen molar-refractivity contribution in [1.29, 1.82) is 0 Å². The second kappa shape index (κ2) is 12.0. The highest BCUT2D eigenvalue weighted by Gasteiger charge is 2.08. The number of pyridine rings is 1. The van der Waals surface area contributed by atoms with E-state index in [1.165, 1.54) is 0 Å². The molecule has 2 aromatic rings. The van der Waals surface area contributed by atoms with Gasteiger partial charge in [-0.05, 0) is 42.2 Å². The number of halogens is 2. The third kappa shape index (κ3) is 8.34. The van der Waals surface area contributed by atoms with Crippen LogP contribution >= 0.6 is 35.6 Å². The fraction of sp³-hybridized carbons (Fsp3) is 0.400. The smallest absolute Gasteiger partial charge is 0.191 e. The van der Waals surface area contributed by atoms with Crippen molar-refractivity contribution in [2.45, 2.75) is 33.4 Å². The first-order chi connectivity index (χ1) is 12.5. The van der Waals surface area contributed by atoms with Crippen molar-refractivity contribution in [2.75, 3.05) is 13.7 Å². The van der Waals surface area contributed by atoms with E-state index in [-0.39, 0.29) is 30.0 Å². The summed E-state index contributed by atoms with van der Waals surface area (Å²) in [5.74, 6) is 2.14. The number of rotatable bonds is 7. The summed E-state index contributed by atoms with van der Waals surface area (Å²) in [7, 11) is 1.75. The average Bonchev–Trinajstić information content (AvgIpc) is 2.65. The van der Waals surface area contributed by atoms with Gasteiger partial charge in [0, 0.05) is 19.8 Å². The number of nitrogens with one attached hydrogen (secondary N) is 2. The van der Waals surface area contributed by atoms with Crippen LogP contribution in [-0.4, -0.2) is 24.6 Å². The lowest BCUT2D eigenvalue weighted by atomic mass is 10.1. The lowest BCUT2D eigenvalue weighted by molar-refractivity contribution is 0.271. The van der Waals surface area contributed by atoms with Crippen molar-refractivity contribution in [3.05, 3.63) is 58.9 Å². The first-order valence-electron chi connectivity index (χ1n) is 8.78. The molecule has 0 amide bonds. The predicted octanol–water partition coefficient (Wildman–Crippen LogP) is 4.81. The van der Waals surface area contributed by atoms with Crippen molar-refractivity contribution in [3.8, 4) is 5.75 Å². The summed E-state index contributed by atoms with van der Waals surface area (Å²) in [6.45, 7) is 7.72. The summed E-state index contributed by atoms with van der Waals surface area (Å²) in [4.78, 5) is 8.35. The first-order valence-corrected chi connectivity index (χ1v) is 9.16. The molecule has 0 aliphatic carbocycles. The molecule has 5 nitrogen and oxygen atoms in total. The molecule has 0 bridgehead atoms. The minimum atomic E-state index is 0. The van der Waals surface area contributed by atoms with Gasteiger partial charge in [-0.1, -0.05) is 43.6 Å². The number of ether oxygens (including phenoxy) is 1. The minimum Gasteiger partial charge on any atom is -0.493 e. The molecule has 1 aromatic carbocycles. The van der Waals surface area contributed by atoms with E-state index in [1.807, 2.05) is 18.2 Å². The molecule has 0 spiro atoms. The molecule has 1 unspecified atom stereocenters. The summed E-state index contributed by atoms with van der Waals surface area (Å²) < 4.78 is 5.73. The van der Waals surface area contributed by atoms with Gasteiger partial charge in [0.25, 0.3) is 0 Å². The van der Waals surface area contributed by atoms with Gasteiger partial charge in [0.1, 0.15) is 10.9 Å². The van der Waals surface area contributed by atoms with E-state index in [9.17, 15) is 0 Å². The molecule has 0 saturated heterocycles. The third-order valence-electron chi connectivity index (χ3n) is 3.79. The third-order valence-corrected chi connectivity index (χ3v) is 4.01. The Morgan fingerprint density at radius 2 is 1.85 bits per heavy atom. The zero-order valence-electron chi connectivity index (χ0n) is 16.2. The molecule has 1 heterocycles. The van der Waals surface area contributed by atoms with Crippen molar-refractivity contribution in [1.82, 2.24) is 15.6 Å². The summed E-state index contributed by atoms with van der Waals surface area (Å²) in [5.41, 5.74) is 2.20. The number of hydrogen-bond donors (Lipinski definition) is 2. The van der Waals surface area contributed by atoms with Gasteiger partial charge >= 0.3 is 0 Å². The number of aliphatic imine (C=N–C) groups is 1. The molecule has 148 valence electrons. The average molecular weight is 503 g/mol. The van der Waals surface area contributed by atoms with Crippen LogP contribution in [0.5, 0.6) is 5.75 Å². The zero-order chi connectivity index (χ0) is 18.9. The standard InChI is InChI=1S/C20H27ClN4O.HI/c1-14(2)13-26-18-8-6-17(7-9-18)15(3)25-20(22-4)24-12-16-5-10-19(21)23-11-16;/h5-11,14-15H,12-13H2,1-4H3,(H2,22,24,25);1H. The topological polar surface area (TPSA) is 58.5 Å². The molecule has 0 fully saturated rings. The Morgan fingerprint density at radius 3 is 2.41 bits per heavy atom. The Kier molecular flexibility index (Phi) is 10.5. The van der Waals surface area contributed by atoms with Gasteiger partial charge in [-0.3, -0.25) is 4.99 Å². The van der Waals surface area contributed by atoms with Crippen LogP contribution in [-0.2, 0) is 6.54 Å². The van der Waals surface area contributed by atoms with Crippen molar-refractivity contribution >= 4 is 41.5 Å². The Bertz CT molecular complexity index is 705. The van der Waals surface area contributed by atoms with Crippen LogP contribution in [0.4, 0.5) is 0 Å². The van der Waals surface area contributed by atoms with Gasteiger partial charge in [-0.25, -0.2) is 4.98 Å². The van der Waals surface area contributed by atoms with Crippen LogP contribution in [0.1, 0.15) is 37.9 Å². The molecule has 27 heavy (non-hydrogen) atoms. The number of guanidine groups is 1. The molecule has 1 aromatic heterocycles. The molecular weight excluding hydrogens is 475 g/mol. The lowest BCUT2D eigenvalue weighted by Gasteiger charge is -2.19. The summed E-state index contributed by atoms with van der Waals surface area (Å²) >= 11 is 5.81. The summed E-state index contributed by atoms with van der Waals surface area (Å²) in [6.07, 6.45) is 1.75. The molecular formula is C20H28ClIN4O. The molecule has 7 heteroatoms. The van der Waals surface area contributed by atoms with Crippen molar-refractivity contribution in [2.24, 2.45) is 10.9 Å². The van der Waals surface area contributed by atoms with E-state index < -0.39 is 0 Å². The molecule has 0 aliphatic rings. The van der Waals surface area contributed by atoms with E-state index in [0.29, 0.717) is 17.6 Å². The van der Waals surface area contributed by atoms with Crippen LogP contribution in [0.3, 0.4) is 0 Å². The Morgan fingerprint density at radius 1 is 1.15 bits per heavy atom. The van der Waals surface area contributed by atoms with Crippen molar-refractivity contribution in [3.63, 3.8) is 0 Å². The fourth-order valence-corrected chi connectivity index (χ4v) is 2.41. The van der Waals surface area contributed by atoms with Gasteiger partial charge in [-0.2, -0.15) is 0 Å². The van der Waals surface area contributed by atoms with Gasteiger partial charge in [0.05, 0.1) is 12.6 Å². The maximum absolute atomic E-state index is 5.81. The zero-order valence-corrected chi connectivity index (χ0v) is 19.3. The molecule has 2 rings (SSSR count). The van der Waals surface area contributed by atoms with E-state index in [0.717, 1.165) is 29.4 Å². The highest BCUT2D eigenvalue weighted by Crippen LogP contribution is 2.18. The highest BCUT2D eigenvalue weighted by atomic mass is 127. The Balaban J connectivity index is 0.00000364. The molecule has 0 radical (unpaired) electrons. The monoisotopic (exact) mass is 502 g/mol. The summed E-state index contributed by atoms with van der Waals surface area (Å²) in [5, 5.41) is 7.16. The van der Waals surface area contributed by atoms with Gasteiger partial charge < -0.3 is 15.4 Å². The number of benzene rings is 1. The Hall–Kier alpha value is -1.54. The van der Waals surface area contributed by atoms with E-state index in [1.54, 1.807) is 19.3 Å². The number of nitrogens with zero attached hydrogens (tertiary/aromatic N) is 2. The largest absolute Gasteiger partial charge is 0.493 e. The van der Waals surface area contributed by atoms with Crippen LogP contribution in [0.2, 0.25) is 5.15 Å². The molecule has 0 aliphatic heterocycles. The first kappa shape index (κ1) is 23.5. The number of aromatic nitrogens is 1. The SMILES string of the molecule is CN=C(NCc1ccc(Cl)nc1)NC(C)c1ccc(OCC(C)C)cc1.I. The molecule has 1 atom stereocenters. The molecule has 2 N–H and O–H groups in total. The predicted molar refractivity (Wildman–Crippen MR) is 123 cm³/mol. The molecule has 0 saturated carbocycles. The minimum absolute atomic E-state index is 0. The fourth-order valence-electron chi connectivity index (χ4n) is 2.30. The van der Waals surface area contributed by atoms with E-state index in [2.05, 4.69) is 53.5 Å². The van der Waals surface area contributed by atoms with Crippen LogP contribution in [0.15, 0.2) is 47.6 Å². The van der Waals surface area contributed by atoms with Gasteiger partial charge in [-0.15, -0.1) is 24.0 Å². The van der Waals surface area contributed by atoms with E-state index in [4.69, 9.17) is 16.3 Å². The van der Waals surface area contributed by atoms with Gasteiger partial charge in [0.2, 0.25) is 0 Å². The van der Waals surface area contributed by atoms with Crippen LogP contribution in [0, 0.1) is 5.92 Å². The number of hydrogen-bond acceptors (Lipinski definition) is 3. The normalized spacial score (nSPS) is 12.3. The van der Waals surface area contributed by atoms with Gasteiger partial charge in [0.15, 0.2) is 5.96 Å². The van der Waals surface area contributed by atoms with E-state index >= 15 is 0 Å². The second-order valence-electron chi connectivity index (χ2n) is 6.55. The maximum Gasteiger partial charge on any atom is 0.191 e. The van der Waals surface area contributed by atoms with Crippen LogP contribution in [0.25, 0.3) is 0 Å². The quantitative estimate of drug-likeness (QED) is 0.247. The lowest BCUT2D eigenvalue weighted by Crippen LogP contribution is -2.38. The Labute approximate surface area is 184 Å².